The van der Waals surface area contributed by atoms with E-state index in [2.05, 4.69) is 45.9 Å². The van der Waals surface area contributed by atoms with Gasteiger partial charge in [0.05, 0.1) is 12.2 Å². The van der Waals surface area contributed by atoms with E-state index < -0.39 is 0 Å². The summed E-state index contributed by atoms with van der Waals surface area (Å²) in [7, 11) is 0. The van der Waals surface area contributed by atoms with Gasteiger partial charge in [-0.05, 0) is 37.3 Å². The van der Waals surface area contributed by atoms with Gasteiger partial charge < -0.3 is 15.5 Å². The summed E-state index contributed by atoms with van der Waals surface area (Å²) in [5, 5.41) is 9.72. The predicted molar refractivity (Wildman–Crippen MR) is 136 cm³/mol. The van der Waals surface area contributed by atoms with Crippen molar-refractivity contribution in [1.29, 1.82) is 0 Å². The third-order valence-electron chi connectivity index (χ3n) is 4.93. The maximum Gasteiger partial charge on any atom is 0.227 e. The minimum absolute atomic E-state index is 0. The van der Waals surface area contributed by atoms with E-state index in [1.54, 1.807) is 11.3 Å². The van der Waals surface area contributed by atoms with Crippen molar-refractivity contribution >= 4 is 52.9 Å². The van der Waals surface area contributed by atoms with Crippen LogP contribution in [0.25, 0.3) is 0 Å². The maximum absolute atomic E-state index is 12.6. The van der Waals surface area contributed by atoms with Gasteiger partial charge in [-0.15, -0.1) is 35.3 Å². The van der Waals surface area contributed by atoms with Crippen LogP contribution in [-0.2, 0) is 17.8 Å². The SMILES string of the molecule is CCNC(=NCc1nc(C(C)C)cs1)NCCCC(=O)N1CCc2ccccc21.I. The van der Waals surface area contributed by atoms with Crippen molar-refractivity contribution < 1.29 is 4.79 Å². The highest BCUT2D eigenvalue weighted by atomic mass is 127. The summed E-state index contributed by atoms with van der Waals surface area (Å²) >= 11 is 1.65. The van der Waals surface area contributed by atoms with E-state index in [9.17, 15) is 4.79 Å². The van der Waals surface area contributed by atoms with E-state index in [1.807, 2.05) is 30.0 Å². The summed E-state index contributed by atoms with van der Waals surface area (Å²) in [5.41, 5.74) is 3.47. The van der Waals surface area contributed by atoms with Crippen LogP contribution in [0.3, 0.4) is 0 Å². The molecule has 0 bridgehead atoms. The largest absolute Gasteiger partial charge is 0.357 e. The molecule has 0 spiro atoms. The van der Waals surface area contributed by atoms with Crippen molar-refractivity contribution in [2.24, 2.45) is 4.99 Å². The highest BCUT2D eigenvalue weighted by molar-refractivity contribution is 14.0. The molecule has 1 aromatic carbocycles. The van der Waals surface area contributed by atoms with Crippen molar-refractivity contribution in [3.63, 3.8) is 0 Å². The molecule has 0 atom stereocenters. The number of benzene rings is 1. The van der Waals surface area contributed by atoms with E-state index in [4.69, 9.17) is 0 Å². The number of rotatable bonds is 8. The van der Waals surface area contributed by atoms with Gasteiger partial charge in [0.15, 0.2) is 5.96 Å². The molecular formula is C22H32IN5OS. The average molecular weight is 542 g/mol. The number of carbonyl (C=O) groups excluding carboxylic acids is 1. The number of carbonyl (C=O) groups is 1. The number of halogens is 1. The van der Waals surface area contributed by atoms with Gasteiger partial charge in [-0.3, -0.25) is 4.79 Å². The second-order valence-corrected chi connectivity index (χ2v) is 8.41. The Kier molecular flexibility index (Phi) is 10.0. The molecule has 0 aliphatic carbocycles. The summed E-state index contributed by atoms with van der Waals surface area (Å²) in [6, 6.07) is 8.18. The molecule has 164 valence electrons. The molecule has 2 heterocycles. The van der Waals surface area contributed by atoms with E-state index in [1.165, 1.54) is 5.56 Å². The van der Waals surface area contributed by atoms with Gasteiger partial charge in [0.2, 0.25) is 5.91 Å². The first-order valence-corrected chi connectivity index (χ1v) is 11.3. The molecule has 2 aromatic rings. The summed E-state index contributed by atoms with van der Waals surface area (Å²) in [6.07, 6.45) is 2.26. The topological polar surface area (TPSA) is 69.6 Å². The van der Waals surface area contributed by atoms with Gasteiger partial charge in [0.25, 0.3) is 0 Å². The Hall–Kier alpha value is -1.68. The highest BCUT2D eigenvalue weighted by Crippen LogP contribution is 2.28. The molecule has 1 aromatic heterocycles. The quantitative estimate of drug-likeness (QED) is 0.226. The number of nitrogens with zero attached hydrogens (tertiary/aromatic N) is 3. The maximum atomic E-state index is 12.6. The van der Waals surface area contributed by atoms with Crippen molar-refractivity contribution in [3.05, 3.63) is 45.9 Å². The van der Waals surface area contributed by atoms with Crippen LogP contribution in [0.2, 0.25) is 0 Å². The Morgan fingerprint density at radius 1 is 1.30 bits per heavy atom. The van der Waals surface area contributed by atoms with E-state index in [0.717, 1.165) is 48.3 Å². The number of hydrogen-bond acceptors (Lipinski definition) is 4. The second-order valence-electron chi connectivity index (χ2n) is 7.47. The zero-order valence-electron chi connectivity index (χ0n) is 18.0. The summed E-state index contributed by atoms with van der Waals surface area (Å²) in [4.78, 5) is 23.8. The Morgan fingerprint density at radius 3 is 2.83 bits per heavy atom. The van der Waals surface area contributed by atoms with Crippen molar-refractivity contribution in [3.8, 4) is 0 Å². The molecule has 3 rings (SSSR count). The molecule has 0 saturated carbocycles. The third-order valence-corrected chi connectivity index (χ3v) is 5.78. The standard InChI is InChI=1S/C22H31N5OS.HI/c1-4-23-22(25-14-20-26-18(15-29-20)16(2)3)24-12-7-10-21(28)27-13-11-17-8-5-6-9-19(17)27;/h5-6,8-9,15-16H,4,7,10-14H2,1-3H3,(H2,23,24,25);1H. The van der Waals surface area contributed by atoms with Crippen LogP contribution >= 0.6 is 35.3 Å². The number of fused-ring (bicyclic) bond motifs is 1. The molecule has 1 aliphatic rings. The van der Waals surface area contributed by atoms with Gasteiger partial charge in [0.1, 0.15) is 5.01 Å². The Labute approximate surface area is 200 Å². The molecule has 0 saturated heterocycles. The third kappa shape index (κ3) is 6.66. The van der Waals surface area contributed by atoms with Crippen molar-refractivity contribution in [2.75, 3.05) is 24.5 Å². The van der Waals surface area contributed by atoms with Gasteiger partial charge in [-0.2, -0.15) is 0 Å². The highest BCUT2D eigenvalue weighted by Gasteiger charge is 2.23. The van der Waals surface area contributed by atoms with Crippen LogP contribution in [0.15, 0.2) is 34.6 Å². The minimum atomic E-state index is 0. The number of thiazole rings is 1. The first-order valence-electron chi connectivity index (χ1n) is 10.4. The number of hydrogen-bond donors (Lipinski definition) is 2. The van der Waals surface area contributed by atoms with Crippen LogP contribution in [-0.4, -0.2) is 36.5 Å². The Bertz CT molecular complexity index is 852. The van der Waals surface area contributed by atoms with Crippen LogP contribution < -0.4 is 15.5 Å². The fourth-order valence-electron chi connectivity index (χ4n) is 3.33. The molecule has 0 unspecified atom stereocenters. The zero-order chi connectivity index (χ0) is 20.6. The number of para-hydroxylation sites is 1. The molecular weight excluding hydrogens is 509 g/mol. The number of anilines is 1. The smallest absolute Gasteiger partial charge is 0.227 e. The fraction of sp³-hybridized carbons (Fsp3) is 0.500. The lowest BCUT2D eigenvalue weighted by Crippen LogP contribution is -2.38. The first kappa shape index (κ1) is 24.6. The zero-order valence-corrected chi connectivity index (χ0v) is 21.1. The second kappa shape index (κ2) is 12.2. The van der Waals surface area contributed by atoms with Crippen LogP contribution in [0.5, 0.6) is 0 Å². The van der Waals surface area contributed by atoms with Gasteiger partial charge >= 0.3 is 0 Å². The lowest BCUT2D eigenvalue weighted by atomic mass is 10.2. The summed E-state index contributed by atoms with van der Waals surface area (Å²) in [5.74, 6) is 1.41. The average Bonchev–Trinajstić information content (AvgIpc) is 3.36. The number of amides is 1. The number of nitrogens with one attached hydrogen (secondary N) is 2. The molecule has 1 aliphatic heterocycles. The Morgan fingerprint density at radius 2 is 2.10 bits per heavy atom. The van der Waals surface area contributed by atoms with Gasteiger partial charge in [0, 0.05) is 37.1 Å². The molecule has 0 fully saturated rings. The summed E-state index contributed by atoms with van der Waals surface area (Å²) < 4.78 is 0. The molecule has 2 N–H and O–H groups in total. The van der Waals surface area contributed by atoms with Crippen molar-refractivity contribution in [1.82, 2.24) is 15.6 Å². The van der Waals surface area contributed by atoms with E-state index in [-0.39, 0.29) is 29.9 Å². The molecule has 30 heavy (non-hydrogen) atoms. The van der Waals surface area contributed by atoms with Crippen LogP contribution in [0, 0.1) is 0 Å². The lowest BCUT2D eigenvalue weighted by Gasteiger charge is -2.17. The fourth-order valence-corrected chi connectivity index (χ4v) is 4.21. The monoisotopic (exact) mass is 541 g/mol. The number of guanidine groups is 1. The minimum Gasteiger partial charge on any atom is -0.357 e. The van der Waals surface area contributed by atoms with E-state index >= 15 is 0 Å². The predicted octanol–water partition coefficient (Wildman–Crippen LogP) is 4.31. The lowest BCUT2D eigenvalue weighted by molar-refractivity contribution is -0.118. The normalized spacial score (nSPS) is 13.2. The van der Waals surface area contributed by atoms with Gasteiger partial charge in [-0.1, -0.05) is 32.0 Å². The van der Waals surface area contributed by atoms with Gasteiger partial charge in [-0.25, -0.2) is 9.98 Å². The van der Waals surface area contributed by atoms with Crippen LogP contribution in [0.1, 0.15) is 55.8 Å². The van der Waals surface area contributed by atoms with Crippen LogP contribution in [0.4, 0.5) is 5.69 Å². The van der Waals surface area contributed by atoms with E-state index in [0.29, 0.717) is 25.4 Å². The Balaban J connectivity index is 0.00000320. The molecule has 1 amide bonds. The number of aromatic nitrogens is 1. The first-order chi connectivity index (χ1) is 14.1. The molecule has 8 heteroatoms. The number of aliphatic imine (C=N–C) groups is 1. The molecule has 0 radical (unpaired) electrons. The molecule has 6 nitrogen and oxygen atoms in total. The summed E-state index contributed by atoms with van der Waals surface area (Å²) in [6.45, 7) is 9.21. The van der Waals surface area contributed by atoms with Crippen molar-refractivity contribution in [2.45, 2.75) is 52.5 Å².